The first-order valence-corrected chi connectivity index (χ1v) is 10.5. The summed E-state index contributed by atoms with van der Waals surface area (Å²) in [7, 11) is 0. The molecule has 1 fully saturated rings. The second kappa shape index (κ2) is 8.65. The average molecular weight is 423 g/mol. The van der Waals surface area contributed by atoms with Crippen molar-refractivity contribution < 1.29 is 19.1 Å². The second-order valence-corrected chi connectivity index (χ2v) is 7.57. The minimum absolute atomic E-state index is 0.0540. The van der Waals surface area contributed by atoms with Gasteiger partial charge in [0.05, 0.1) is 17.9 Å². The Morgan fingerprint density at radius 2 is 1.50 bits per heavy atom. The summed E-state index contributed by atoms with van der Waals surface area (Å²) in [5, 5.41) is 1.76. The molecule has 1 aliphatic rings. The summed E-state index contributed by atoms with van der Waals surface area (Å²) in [5.41, 5.74) is 1.28. The van der Waals surface area contributed by atoms with Crippen LogP contribution in [0.3, 0.4) is 0 Å². The lowest BCUT2D eigenvalue weighted by atomic mass is 10.1. The van der Waals surface area contributed by atoms with Crippen LogP contribution in [0.15, 0.2) is 97.1 Å². The van der Waals surface area contributed by atoms with Gasteiger partial charge in [0, 0.05) is 10.9 Å². The van der Waals surface area contributed by atoms with E-state index in [1.807, 2.05) is 42.5 Å². The molecule has 0 N–H and O–H groups in total. The maximum absolute atomic E-state index is 13.9. The van der Waals surface area contributed by atoms with E-state index in [2.05, 4.69) is 0 Å². The molecule has 0 aliphatic carbocycles. The van der Waals surface area contributed by atoms with Crippen LogP contribution in [0, 0.1) is 0 Å². The monoisotopic (exact) mass is 423 g/mol. The lowest BCUT2D eigenvalue weighted by molar-refractivity contribution is 0.0895. The first-order valence-electron chi connectivity index (χ1n) is 10.5. The zero-order chi connectivity index (χ0) is 21.9. The van der Waals surface area contributed by atoms with Gasteiger partial charge < -0.3 is 9.47 Å². The van der Waals surface area contributed by atoms with Crippen LogP contribution in [-0.4, -0.2) is 31.1 Å². The molecule has 1 saturated heterocycles. The summed E-state index contributed by atoms with van der Waals surface area (Å²) >= 11 is 0. The van der Waals surface area contributed by atoms with Crippen LogP contribution in [0.1, 0.15) is 20.7 Å². The lowest BCUT2D eigenvalue weighted by Crippen LogP contribution is -2.37. The van der Waals surface area contributed by atoms with Crippen molar-refractivity contribution >= 4 is 28.3 Å². The van der Waals surface area contributed by atoms with Crippen LogP contribution < -0.4 is 9.64 Å². The predicted molar refractivity (Wildman–Crippen MR) is 123 cm³/mol. The van der Waals surface area contributed by atoms with Gasteiger partial charge in [-0.3, -0.25) is 9.59 Å². The van der Waals surface area contributed by atoms with Gasteiger partial charge in [0.15, 0.2) is 0 Å². The van der Waals surface area contributed by atoms with Gasteiger partial charge in [-0.25, -0.2) is 4.90 Å². The van der Waals surface area contributed by atoms with E-state index in [0.717, 1.165) is 10.8 Å². The quantitative estimate of drug-likeness (QED) is 0.320. The molecule has 1 aliphatic heterocycles. The van der Waals surface area contributed by atoms with Crippen LogP contribution in [0.25, 0.3) is 10.8 Å². The summed E-state index contributed by atoms with van der Waals surface area (Å²) in [6.07, 6.45) is 0.0540. The van der Waals surface area contributed by atoms with Crippen molar-refractivity contribution in [2.45, 2.75) is 6.10 Å². The molecule has 5 rings (SSSR count). The fourth-order valence-electron chi connectivity index (χ4n) is 3.66. The van der Waals surface area contributed by atoms with Crippen LogP contribution in [0.5, 0.6) is 5.75 Å². The maximum atomic E-state index is 13.9. The van der Waals surface area contributed by atoms with Gasteiger partial charge in [-0.1, -0.05) is 66.7 Å². The lowest BCUT2D eigenvalue weighted by Gasteiger charge is -2.24. The van der Waals surface area contributed by atoms with Crippen LogP contribution in [0.2, 0.25) is 0 Å². The van der Waals surface area contributed by atoms with Crippen molar-refractivity contribution in [3.8, 4) is 5.75 Å². The molecule has 158 valence electrons. The molecule has 1 atom stereocenters. The van der Waals surface area contributed by atoms with E-state index in [9.17, 15) is 9.59 Å². The van der Waals surface area contributed by atoms with Crippen molar-refractivity contribution in [2.24, 2.45) is 0 Å². The first-order chi connectivity index (χ1) is 15.7. The highest BCUT2D eigenvalue weighted by Crippen LogP contribution is 2.31. The molecular formula is C27H21NO4. The number of rotatable bonds is 6. The molecule has 0 bridgehead atoms. The van der Waals surface area contributed by atoms with Crippen molar-refractivity contribution in [3.05, 3.63) is 108 Å². The number of nitrogens with zero attached hydrogens (tertiary/aromatic N) is 1. The Labute approximate surface area is 185 Å². The molecule has 32 heavy (non-hydrogen) atoms. The summed E-state index contributed by atoms with van der Waals surface area (Å²) < 4.78 is 11.1. The number of hydrogen-bond acceptors (Lipinski definition) is 4. The Bertz CT molecular complexity index is 1280. The van der Waals surface area contributed by atoms with E-state index < -0.39 is 11.8 Å². The summed E-state index contributed by atoms with van der Waals surface area (Å²) in [6, 6.07) is 29.1. The molecule has 0 saturated carbocycles. The van der Waals surface area contributed by atoms with Gasteiger partial charge in [0.25, 0.3) is 11.8 Å². The highest BCUT2D eigenvalue weighted by Gasteiger charge is 2.30. The highest BCUT2D eigenvalue weighted by molar-refractivity contribution is 6.28. The standard InChI is InChI=1S/C27H21NO4/c29-26(20-10-2-1-3-11-20)28(24-15-8-12-19-9-4-5-13-22(19)24)27(30)23-14-6-7-16-25(23)32-18-21-17-31-21/h1-16,21H,17-18H2. The molecule has 4 aromatic carbocycles. The topological polar surface area (TPSA) is 59.1 Å². The number of carbonyl (C=O) groups is 2. The minimum atomic E-state index is -0.442. The Morgan fingerprint density at radius 3 is 2.31 bits per heavy atom. The predicted octanol–water partition coefficient (Wildman–Crippen LogP) is 5.10. The summed E-state index contributed by atoms with van der Waals surface area (Å²) in [6.45, 7) is 1.02. The number of amides is 2. The van der Waals surface area contributed by atoms with Gasteiger partial charge in [0.1, 0.15) is 18.5 Å². The molecule has 1 heterocycles. The molecule has 0 aromatic heterocycles. The number of benzene rings is 4. The molecule has 1 unspecified atom stereocenters. The number of fused-ring (bicyclic) bond motifs is 1. The Kier molecular flexibility index (Phi) is 5.40. The average Bonchev–Trinajstić information content (AvgIpc) is 3.68. The van der Waals surface area contributed by atoms with Gasteiger partial charge in [0.2, 0.25) is 0 Å². The number of hydrogen-bond donors (Lipinski definition) is 0. The number of imide groups is 1. The van der Waals surface area contributed by atoms with Crippen LogP contribution in [-0.2, 0) is 4.74 Å². The van der Waals surface area contributed by atoms with E-state index in [1.54, 1.807) is 54.6 Å². The van der Waals surface area contributed by atoms with Crippen molar-refractivity contribution in [2.75, 3.05) is 18.1 Å². The number of carbonyl (C=O) groups excluding carboxylic acids is 2. The third kappa shape index (κ3) is 3.98. The molecule has 5 heteroatoms. The van der Waals surface area contributed by atoms with E-state index in [0.29, 0.717) is 35.8 Å². The Balaban J connectivity index is 1.62. The number of epoxide rings is 1. The molecule has 0 spiro atoms. The van der Waals surface area contributed by atoms with Gasteiger partial charge in [-0.2, -0.15) is 0 Å². The number of ether oxygens (including phenoxy) is 2. The molecule has 5 nitrogen and oxygen atoms in total. The van der Waals surface area contributed by atoms with Crippen molar-refractivity contribution in [1.82, 2.24) is 0 Å². The molecule has 2 amide bonds. The summed E-state index contributed by atoms with van der Waals surface area (Å²) in [4.78, 5) is 28.8. The van der Waals surface area contributed by atoms with Gasteiger partial charge >= 0.3 is 0 Å². The zero-order valence-corrected chi connectivity index (χ0v) is 17.3. The van der Waals surface area contributed by atoms with Gasteiger partial charge in [-0.05, 0) is 35.7 Å². The van der Waals surface area contributed by atoms with Crippen molar-refractivity contribution in [3.63, 3.8) is 0 Å². The van der Waals surface area contributed by atoms with E-state index in [1.165, 1.54) is 4.90 Å². The number of para-hydroxylation sites is 1. The second-order valence-electron chi connectivity index (χ2n) is 7.57. The van der Waals surface area contributed by atoms with E-state index in [-0.39, 0.29) is 6.10 Å². The zero-order valence-electron chi connectivity index (χ0n) is 17.3. The highest BCUT2D eigenvalue weighted by atomic mass is 16.6. The SMILES string of the molecule is O=C(c1ccccc1)N(C(=O)c1ccccc1OCC1CO1)c1cccc2ccccc12. The third-order valence-electron chi connectivity index (χ3n) is 5.38. The summed E-state index contributed by atoms with van der Waals surface area (Å²) in [5.74, 6) is -0.408. The molecular weight excluding hydrogens is 402 g/mol. The fourth-order valence-corrected chi connectivity index (χ4v) is 3.66. The number of anilines is 1. The normalized spacial score (nSPS) is 14.7. The van der Waals surface area contributed by atoms with Crippen LogP contribution >= 0.6 is 0 Å². The first kappa shape index (κ1) is 20.0. The Hall–Kier alpha value is -3.96. The maximum Gasteiger partial charge on any atom is 0.269 e. The van der Waals surface area contributed by atoms with E-state index in [4.69, 9.17) is 9.47 Å². The molecule has 0 radical (unpaired) electrons. The third-order valence-corrected chi connectivity index (χ3v) is 5.38. The van der Waals surface area contributed by atoms with E-state index >= 15 is 0 Å². The smallest absolute Gasteiger partial charge is 0.269 e. The fraction of sp³-hybridized carbons (Fsp3) is 0.111. The van der Waals surface area contributed by atoms with Gasteiger partial charge in [-0.15, -0.1) is 0 Å². The Morgan fingerprint density at radius 1 is 0.812 bits per heavy atom. The minimum Gasteiger partial charge on any atom is -0.490 e. The largest absolute Gasteiger partial charge is 0.490 e. The molecule has 4 aromatic rings. The van der Waals surface area contributed by atoms with Crippen LogP contribution in [0.4, 0.5) is 5.69 Å². The van der Waals surface area contributed by atoms with Crippen molar-refractivity contribution in [1.29, 1.82) is 0 Å².